The van der Waals surface area contributed by atoms with E-state index in [4.69, 9.17) is 14.7 Å². The molecule has 0 aliphatic heterocycles. The Kier molecular flexibility index (Phi) is 6.78. The number of benzene rings is 1. The largest absolute Gasteiger partial charge is 0.490 e. The van der Waals surface area contributed by atoms with Gasteiger partial charge < -0.3 is 9.47 Å². The van der Waals surface area contributed by atoms with Crippen molar-refractivity contribution in [1.82, 2.24) is 10.4 Å². The molecule has 1 heterocycles. The number of carbonyl (C=O) groups excluding carboxylic acids is 1. The van der Waals surface area contributed by atoms with Crippen LogP contribution in [-0.4, -0.2) is 35.2 Å². The van der Waals surface area contributed by atoms with Crippen LogP contribution in [0.4, 0.5) is 5.69 Å². The average molecular weight is 369 g/mol. The SMILES string of the molecule is CCOc1cc(/C=N/NC(=O)c2ccc([N+](=O)[O-])cn2)ccc1OCC#N. The van der Waals surface area contributed by atoms with Gasteiger partial charge in [-0.05, 0) is 36.8 Å². The number of pyridine rings is 1. The van der Waals surface area contributed by atoms with E-state index < -0.39 is 10.8 Å². The summed E-state index contributed by atoms with van der Waals surface area (Å²) in [7, 11) is 0. The summed E-state index contributed by atoms with van der Waals surface area (Å²) >= 11 is 0. The van der Waals surface area contributed by atoms with E-state index in [0.717, 1.165) is 6.20 Å². The summed E-state index contributed by atoms with van der Waals surface area (Å²) in [5.74, 6) is 0.259. The van der Waals surface area contributed by atoms with E-state index in [2.05, 4.69) is 15.5 Å². The number of hydrogen-bond acceptors (Lipinski definition) is 8. The maximum Gasteiger partial charge on any atom is 0.289 e. The van der Waals surface area contributed by atoms with Crippen LogP contribution in [0.1, 0.15) is 23.0 Å². The Balaban J connectivity index is 2.04. The molecule has 0 radical (unpaired) electrons. The Bertz CT molecular complexity index is 890. The van der Waals surface area contributed by atoms with Gasteiger partial charge in [0.1, 0.15) is 18.0 Å². The lowest BCUT2D eigenvalue weighted by Crippen LogP contribution is -2.18. The van der Waals surface area contributed by atoms with Crippen molar-refractivity contribution in [2.45, 2.75) is 6.92 Å². The Morgan fingerprint density at radius 2 is 2.19 bits per heavy atom. The molecule has 10 heteroatoms. The van der Waals surface area contributed by atoms with E-state index in [1.165, 1.54) is 18.3 Å². The molecule has 0 atom stereocenters. The zero-order valence-corrected chi connectivity index (χ0v) is 14.3. The minimum Gasteiger partial charge on any atom is -0.490 e. The van der Waals surface area contributed by atoms with E-state index >= 15 is 0 Å². The molecule has 1 N–H and O–H groups in total. The van der Waals surface area contributed by atoms with E-state index in [9.17, 15) is 14.9 Å². The first-order chi connectivity index (χ1) is 13.0. The molecule has 0 saturated heterocycles. The topological polar surface area (TPSA) is 140 Å². The van der Waals surface area contributed by atoms with E-state index in [0.29, 0.717) is 23.7 Å². The molecule has 0 aliphatic carbocycles. The molecule has 1 aromatic carbocycles. The molecule has 27 heavy (non-hydrogen) atoms. The molecular formula is C17H15N5O5. The number of nitriles is 1. The molecule has 0 aliphatic rings. The third kappa shape index (κ3) is 5.50. The van der Waals surface area contributed by atoms with Gasteiger partial charge in [0.15, 0.2) is 18.1 Å². The number of nitrogens with zero attached hydrogens (tertiary/aromatic N) is 4. The molecule has 0 bridgehead atoms. The number of hydrogen-bond donors (Lipinski definition) is 1. The predicted molar refractivity (Wildman–Crippen MR) is 94.7 cm³/mol. The molecule has 1 aromatic heterocycles. The number of amides is 1. The molecule has 1 amide bonds. The fraction of sp³-hybridized carbons (Fsp3) is 0.176. The summed E-state index contributed by atoms with van der Waals surface area (Å²) in [5.41, 5.74) is 2.69. The van der Waals surface area contributed by atoms with Crippen LogP contribution in [0, 0.1) is 21.4 Å². The number of ether oxygens (including phenoxy) is 2. The Labute approximate surface area is 154 Å². The Morgan fingerprint density at radius 3 is 2.81 bits per heavy atom. The highest BCUT2D eigenvalue weighted by molar-refractivity contribution is 5.93. The van der Waals surface area contributed by atoms with Gasteiger partial charge in [0.05, 0.1) is 17.7 Å². The summed E-state index contributed by atoms with van der Waals surface area (Å²) in [5, 5.41) is 23.0. The van der Waals surface area contributed by atoms with E-state index in [1.807, 2.05) is 13.0 Å². The molecule has 0 fully saturated rings. The van der Waals surface area contributed by atoms with Gasteiger partial charge >= 0.3 is 0 Å². The monoisotopic (exact) mass is 369 g/mol. The van der Waals surface area contributed by atoms with Crippen molar-refractivity contribution >= 4 is 17.8 Å². The van der Waals surface area contributed by atoms with Gasteiger partial charge in [-0.1, -0.05) is 0 Å². The summed E-state index contributed by atoms with van der Waals surface area (Å²) < 4.78 is 10.7. The Morgan fingerprint density at radius 1 is 1.37 bits per heavy atom. The van der Waals surface area contributed by atoms with Gasteiger partial charge in [-0.3, -0.25) is 14.9 Å². The van der Waals surface area contributed by atoms with Crippen LogP contribution in [0.5, 0.6) is 11.5 Å². The molecule has 0 spiro atoms. The van der Waals surface area contributed by atoms with E-state index in [-0.39, 0.29) is 18.0 Å². The predicted octanol–water partition coefficient (Wildman–Crippen LogP) is 2.05. The van der Waals surface area contributed by atoms with Crippen LogP contribution in [-0.2, 0) is 0 Å². The van der Waals surface area contributed by atoms with Crippen LogP contribution < -0.4 is 14.9 Å². The van der Waals surface area contributed by atoms with Crippen molar-refractivity contribution in [3.63, 3.8) is 0 Å². The van der Waals surface area contributed by atoms with Crippen molar-refractivity contribution in [2.75, 3.05) is 13.2 Å². The van der Waals surface area contributed by atoms with E-state index in [1.54, 1.807) is 18.2 Å². The Hall–Kier alpha value is -4.00. The molecule has 0 unspecified atom stereocenters. The maximum atomic E-state index is 11.9. The standard InChI is InChI=1S/C17H15N5O5/c1-2-26-16-9-12(3-6-15(16)27-8-7-18)10-20-21-17(23)14-5-4-13(11-19-14)22(24)25/h3-6,9-11H,2,8H2,1H3,(H,21,23)/b20-10+. The zero-order valence-electron chi connectivity index (χ0n) is 14.3. The molecular weight excluding hydrogens is 354 g/mol. The second-order valence-electron chi connectivity index (χ2n) is 4.94. The van der Waals surface area contributed by atoms with Gasteiger partial charge in [-0.15, -0.1) is 0 Å². The van der Waals surface area contributed by atoms with Crippen LogP contribution in [0.3, 0.4) is 0 Å². The summed E-state index contributed by atoms with van der Waals surface area (Å²) in [4.78, 5) is 25.6. The smallest absolute Gasteiger partial charge is 0.289 e. The first-order valence-corrected chi connectivity index (χ1v) is 7.75. The fourth-order valence-electron chi connectivity index (χ4n) is 1.95. The maximum absolute atomic E-state index is 11.9. The second-order valence-corrected chi connectivity index (χ2v) is 4.94. The molecule has 2 rings (SSSR count). The van der Waals surface area contributed by atoms with Crippen LogP contribution in [0.2, 0.25) is 0 Å². The third-order valence-electron chi connectivity index (χ3n) is 3.13. The number of rotatable bonds is 8. The van der Waals surface area contributed by atoms with Gasteiger partial charge in [0, 0.05) is 6.07 Å². The van der Waals surface area contributed by atoms with Crippen molar-refractivity contribution in [3.8, 4) is 17.6 Å². The number of aromatic nitrogens is 1. The lowest BCUT2D eigenvalue weighted by Gasteiger charge is -2.10. The minimum atomic E-state index is -0.611. The molecule has 0 saturated carbocycles. The molecule has 2 aromatic rings. The van der Waals surface area contributed by atoms with Crippen molar-refractivity contribution < 1.29 is 19.2 Å². The highest BCUT2D eigenvalue weighted by Gasteiger charge is 2.10. The first kappa shape index (κ1) is 19.3. The first-order valence-electron chi connectivity index (χ1n) is 7.75. The highest BCUT2D eigenvalue weighted by atomic mass is 16.6. The number of hydrazone groups is 1. The van der Waals surface area contributed by atoms with Crippen molar-refractivity contribution in [3.05, 3.63) is 57.9 Å². The lowest BCUT2D eigenvalue weighted by molar-refractivity contribution is -0.385. The second kappa shape index (κ2) is 9.47. The van der Waals surface area contributed by atoms with Crippen LogP contribution >= 0.6 is 0 Å². The summed E-state index contributed by atoms with van der Waals surface area (Å²) in [6.07, 6.45) is 2.38. The molecule has 10 nitrogen and oxygen atoms in total. The van der Waals surface area contributed by atoms with Crippen LogP contribution in [0.25, 0.3) is 0 Å². The highest BCUT2D eigenvalue weighted by Crippen LogP contribution is 2.27. The van der Waals surface area contributed by atoms with Gasteiger partial charge in [0.2, 0.25) is 0 Å². The van der Waals surface area contributed by atoms with Gasteiger partial charge in [-0.2, -0.15) is 10.4 Å². The van der Waals surface area contributed by atoms with Gasteiger partial charge in [0.25, 0.3) is 11.6 Å². The number of nitrogens with one attached hydrogen (secondary N) is 1. The van der Waals surface area contributed by atoms with Gasteiger partial charge in [-0.25, -0.2) is 10.4 Å². The summed E-state index contributed by atoms with van der Waals surface area (Å²) in [6.45, 7) is 2.12. The van der Waals surface area contributed by atoms with Crippen molar-refractivity contribution in [1.29, 1.82) is 5.26 Å². The summed E-state index contributed by atoms with van der Waals surface area (Å²) in [6, 6.07) is 9.24. The third-order valence-corrected chi connectivity index (χ3v) is 3.13. The normalized spacial score (nSPS) is 10.2. The lowest BCUT2D eigenvalue weighted by atomic mass is 10.2. The molecule has 138 valence electrons. The number of nitro groups is 1. The number of carbonyl (C=O) groups is 1. The fourth-order valence-corrected chi connectivity index (χ4v) is 1.95. The zero-order chi connectivity index (χ0) is 19.6. The van der Waals surface area contributed by atoms with Crippen molar-refractivity contribution in [2.24, 2.45) is 5.10 Å². The quantitative estimate of drug-likeness (QED) is 0.426. The van der Waals surface area contributed by atoms with Crippen LogP contribution in [0.15, 0.2) is 41.6 Å². The average Bonchev–Trinajstić information content (AvgIpc) is 2.67. The minimum absolute atomic E-state index is 0.00648.